The first-order valence-corrected chi connectivity index (χ1v) is 3.65. The second-order valence-electron chi connectivity index (χ2n) is 2.53. The van der Waals surface area contributed by atoms with Gasteiger partial charge >= 0.3 is 0 Å². The summed E-state index contributed by atoms with van der Waals surface area (Å²) in [4.78, 5) is 3.08. The van der Waals surface area contributed by atoms with Gasteiger partial charge in [-0.3, -0.25) is 0 Å². The number of benzene rings is 1. The molecule has 0 radical (unpaired) electrons. The molecule has 1 heterocycles. The van der Waals surface area contributed by atoms with Gasteiger partial charge in [0.15, 0.2) is 0 Å². The van der Waals surface area contributed by atoms with Gasteiger partial charge in [-0.25, -0.2) is 0 Å². The Morgan fingerprint density at radius 2 is 2.25 bits per heavy atom. The van der Waals surface area contributed by atoms with Crippen molar-refractivity contribution in [3.8, 4) is 0 Å². The van der Waals surface area contributed by atoms with Gasteiger partial charge in [0.05, 0.1) is 6.21 Å². The van der Waals surface area contributed by atoms with E-state index < -0.39 is 0 Å². The lowest BCUT2D eigenvalue weighted by molar-refractivity contribution is 0.322. The number of nitrogens with one attached hydrogen (secondary N) is 1. The quantitative estimate of drug-likeness (QED) is 0.374. The summed E-state index contributed by atoms with van der Waals surface area (Å²) in [6, 6.07) is 7.74. The predicted molar refractivity (Wildman–Crippen MR) is 47.7 cm³/mol. The molecule has 0 fully saturated rings. The fraction of sp³-hybridized carbons (Fsp3) is 0. The van der Waals surface area contributed by atoms with E-state index in [1.807, 2.05) is 30.5 Å². The van der Waals surface area contributed by atoms with Gasteiger partial charge in [-0.05, 0) is 12.1 Å². The van der Waals surface area contributed by atoms with Crippen LogP contribution in [0, 0.1) is 0 Å². The summed E-state index contributed by atoms with van der Waals surface area (Å²) < 4.78 is 0. The van der Waals surface area contributed by atoms with Crippen LogP contribution in [0.2, 0.25) is 0 Å². The summed E-state index contributed by atoms with van der Waals surface area (Å²) in [7, 11) is 0. The van der Waals surface area contributed by atoms with Crippen molar-refractivity contribution < 1.29 is 5.21 Å². The number of aromatic nitrogens is 1. The summed E-state index contributed by atoms with van der Waals surface area (Å²) in [6.45, 7) is 0. The largest absolute Gasteiger partial charge is 0.411 e. The minimum Gasteiger partial charge on any atom is -0.411 e. The van der Waals surface area contributed by atoms with Gasteiger partial charge in [0.25, 0.3) is 0 Å². The van der Waals surface area contributed by atoms with Crippen LogP contribution in [0.3, 0.4) is 0 Å². The molecule has 2 rings (SSSR count). The van der Waals surface area contributed by atoms with Crippen LogP contribution in [-0.2, 0) is 0 Å². The molecule has 60 valence electrons. The standard InChI is InChI=1S/C9H8N2O/c12-11-6-7-2-1-3-9-8(7)4-5-10-9/h1-6,10,12H/b11-6-. The van der Waals surface area contributed by atoms with Gasteiger partial charge in [0.1, 0.15) is 0 Å². The highest BCUT2D eigenvalue weighted by atomic mass is 16.4. The molecule has 0 amide bonds. The third kappa shape index (κ3) is 0.955. The van der Waals surface area contributed by atoms with Crippen LogP contribution in [-0.4, -0.2) is 16.4 Å². The highest BCUT2D eigenvalue weighted by Crippen LogP contribution is 2.15. The van der Waals surface area contributed by atoms with Crippen molar-refractivity contribution in [2.24, 2.45) is 5.16 Å². The minimum atomic E-state index is 0.913. The maximum Gasteiger partial charge on any atom is 0.0740 e. The zero-order valence-electron chi connectivity index (χ0n) is 6.36. The highest BCUT2D eigenvalue weighted by molar-refractivity contribution is 5.98. The second kappa shape index (κ2) is 2.70. The molecule has 12 heavy (non-hydrogen) atoms. The maximum atomic E-state index is 8.38. The fourth-order valence-electron chi connectivity index (χ4n) is 1.28. The minimum absolute atomic E-state index is 0.913. The average Bonchev–Trinajstić information content (AvgIpc) is 2.53. The molecule has 2 N–H and O–H groups in total. The molecule has 0 atom stereocenters. The van der Waals surface area contributed by atoms with E-state index in [0.717, 1.165) is 16.5 Å². The molecule has 0 aliphatic rings. The molecule has 0 aliphatic carbocycles. The van der Waals surface area contributed by atoms with Crippen LogP contribution in [0.25, 0.3) is 10.9 Å². The lowest BCUT2D eigenvalue weighted by atomic mass is 10.1. The first-order chi connectivity index (χ1) is 5.92. The molecule has 0 saturated heterocycles. The van der Waals surface area contributed by atoms with Gasteiger partial charge in [0.2, 0.25) is 0 Å². The number of fused-ring (bicyclic) bond motifs is 1. The molecular formula is C9H8N2O. The topological polar surface area (TPSA) is 48.4 Å². The molecular weight excluding hydrogens is 152 g/mol. The van der Waals surface area contributed by atoms with Crippen LogP contribution < -0.4 is 0 Å². The van der Waals surface area contributed by atoms with E-state index in [2.05, 4.69) is 10.1 Å². The fourth-order valence-corrected chi connectivity index (χ4v) is 1.28. The summed E-state index contributed by atoms with van der Waals surface area (Å²) in [5, 5.41) is 12.4. The summed E-state index contributed by atoms with van der Waals surface area (Å²) in [6.07, 6.45) is 3.29. The summed E-state index contributed by atoms with van der Waals surface area (Å²) in [5.41, 5.74) is 1.96. The van der Waals surface area contributed by atoms with E-state index >= 15 is 0 Å². The van der Waals surface area contributed by atoms with Crippen LogP contribution in [0.15, 0.2) is 35.6 Å². The molecule has 2 aromatic rings. The zero-order valence-corrected chi connectivity index (χ0v) is 6.36. The van der Waals surface area contributed by atoms with Gasteiger partial charge in [-0.15, -0.1) is 0 Å². The van der Waals surface area contributed by atoms with Gasteiger partial charge in [-0.2, -0.15) is 0 Å². The molecule has 3 heteroatoms. The normalized spacial score (nSPS) is 11.3. The van der Waals surface area contributed by atoms with Gasteiger partial charge in [-0.1, -0.05) is 17.3 Å². The van der Waals surface area contributed by atoms with Crippen molar-refractivity contribution in [3.05, 3.63) is 36.0 Å². The number of hydrogen-bond donors (Lipinski definition) is 2. The Bertz CT molecular complexity index is 417. The summed E-state index contributed by atoms with van der Waals surface area (Å²) >= 11 is 0. The molecule has 0 saturated carbocycles. The van der Waals surface area contributed by atoms with E-state index in [9.17, 15) is 0 Å². The van der Waals surface area contributed by atoms with E-state index in [1.54, 1.807) is 0 Å². The third-order valence-electron chi connectivity index (χ3n) is 1.83. The van der Waals surface area contributed by atoms with Crippen molar-refractivity contribution in [3.63, 3.8) is 0 Å². The van der Waals surface area contributed by atoms with Crippen molar-refractivity contribution in [2.75, 3.05) is 0 Å². The lowest BCUT2D eigenvalue weighted by Crippen LogP contribution is -1.80. The van der Waals surface area contributed by atoms with Gasteiger partial charge < -0.3 is 10.2 Å². The number of hydrogen-bond acceptors (Lipinski definition) is 2. The number of nitrogens with zero attached hydrogens (tertiary/aromatic N) is 1. The first-order valence-electron chi connectivity index (χ1n) is 3.65. The monoisotopic (exact) mass is 160 g/mol. The number of aromatic amines is 1. The molecule has 1 aromatic heterocycles. The second-order valence-corrected chi connectivity index (χ2v) is 2.53. The Morgan fingerprint density at radius 1 is 1.33 bits per heavy atom. The van der Waals surface area contributed by atoms with Crippen molar-refractivity contribution in [1.29, 1.82) is 0 Å². The van der Waals surface area contributed by atoms with E-state index in [4.69, 9.17) is 5.21 Å². The maximum absolute atomic E-state index is 8.38. The van der Waals surface area contributed by atoms with E-state index in [-0.39, 0.29) is 0 Å². The Labute approximate surface area is 69.3 Å². The third-order valence-corrected chi connectivity index (χ3v) is 1.83. The summed E-state index contributed by atoms with van der Waals surface area (Å²) in [5.74, 6) is 0. The molecule has 0 aliphatic heterocycles. The number of H-pyrrole nitrogens is 1. The number of rotatable bonds is 1. The molecule has 0 bridgehead atoms. The lowest BCUT2D eigenvalue weighted by Gasteiger charge is -1.93. The first kappa shape index (κ1) is 6.91. The average molecular weight is 160 g/mol. The van der Waals surface area contributed by atoms with Crippen molar-refractivity contribution in [2.45, 2.75) is 0 Å². The molecule has 1 aromatic carbocycles. The Kier molecular flexibility index (Phi) is 1.55. The van der Waals surface area contributed by atoms with Crippen molar-refractivity contribution >= 4 is 17.1 Å². The SMILES string of the molecule is O/N=C\c1cccc2[nH]ccc12. The van der Waals surface area contributed by atoms with E-state index in [1.165, 1.54) is 6.21 Å². The van der Waals surface area contributed by atoms with Crippen LogP contribution >= 0.6 is 0 Å². The molecule has 0 unspecified atom stereocenters. The van der Waals surface area contributed by atoms with Crippen LogP contribution in [0.1, 0.15) is 5.56 Å². The smallest absolute Gasteiger partial charge is 0.0740 e. The highest BCUT2D eigenvalue weighted by Gasteiger charge is 1.97. The van der Waals surface area contributed by atoms with Crippen LogP contribution in [0.4, 0.5) is 0 Å². The van der Waals surface area contributed by atoms with Crippen LogP contribution in [0.5, 0.6) is 0 Å². The Balaban J connectivity index is 2.73. The van der Waals surface area contributed by atoms with Crippen molar-refractivity contribution in [1.82, 2.24) is 4.98 Å². The Morgan fingerprint density at radius 3 is 3.08 bits per heavy atom. The predicted octanol–water partition coefficient (Wildman–Crippen LogP) is 1.98. The molecule has 3 nitrogen and oxygen atoms in total. The molecule has 0 spiro atoms. The Hall–Kier alpha value is -1.77. The van der Waals surface area contributed by atoms with Gasteiger partial charge in [0, 0.05) is 22.7 Å². The van der Waals surface area contributed by atoms with E-state index in [0.29, 0.717) is 0 Å². The zero-order chi connectivity index (χ0) is 8.39. The number of oxime groups is 1.